The summed E-state index contributed by atoms with van der Waals surface area (Å²) in [5.41, 5.74) is -0.326. The third-order valence-electron chi connectivity index (χ3n) is 4.39. The lowest BCUT2D eigenvalue weighted by Crippen LogP contribution is -2.39. The SMILES string of the molecule is CON1CCC(C)(/C(O)=C(\C(C)=O)c2ccccc2F)CC1. The van der Waals surface area contributed by atoms with Crippen LogP contribution in [0, 0.1) is 11.2 Å². The number of allylic oxidation sites excluding steroid dienone is 2. The molecule has 1 aliphatic heterocycles. The number of aliphatic hydroxyl groups excluding tert-OH is 1. The summed E-state index contributed by atoms with van der Waals surface area (Å²) >= 11 is 0. The van der Waals surface area contributed by atoms with Gasteiger partial charge in [-0.25, -0.2) is 4.39 Å². The number of nitrogens with zero attached hydrogens (tertiary/aromatic N) is 1. The van der Waals surface area contributed by atoms with Gasteiger partial charge in [-0.3, -0.25) is 4.79 Å². The van der Waals surface area contributed by atoms with Crippen LogP contribution in [0.5, 0.6) is 0 Å². The zero-order chi connectivity index (χ0) is 16.3. The van der Waals surface area contributed by atoms with Crippen molar-refractivity contribution >= 4 is 11.4 Å². The lowest BCUT2D eigenvalue weighted by Gasteiger charge is -2.38. The van der Waals surface area contributed by atoms with Crippen molar-refractivity contribution in [2.75, 3.05) is 20.2 Å². The van der Waals surface area contributed by atoms with Gasteiger partial charge in [0, 0.05) is 24.1 Å². The van der Waals surface area contributed by atoms with Crippen LogP contribution in [-0.2, 0) is 9.63 Å². The molecule has 0 spiro atoms. The van der Waals surface area contributed by atoms with Crippen molar-refractivity contribution in [1.29, 1.82) is 0 Å². The second-order valence-electron chi connectivity index (χ2n) is 5.93. The first-order chi connectivity index (χ1) is 10.4. The Morgan fingerprint density at radius 2 is 1.91 bits per heavy atom. The highest BCUT2D eigenvalue weighted by Crippen LogP contribution is 2.41. The molecular formula is C17H22FNO3. The molecule has 0 aliphatic carbocycles. The summed E-state index contributed by atoms with van der Waals surface area (Å²) in [4.78, 5) is 17.2. The maximum absolute atomic E-state index is 14.0. The Balaban J connectivity index is 2.44. The largest absolute Gasteiger partial charge is 0.511 e. The van der Waals surface area contributed by atoms with Gasteiger partial charge in [-0.05, 0) is 25.8 Å². The van der Waals surface area contributed by atoms with Crippen LogP contribution in [-0.4, -0.2) is 36.2 Å². The third kappa shape index (κ3) is 3.20. The summed E-state index contributed by atoms with van der Waals surface area (Å²) in [5.74, 6) is -0.865. The molecule has 0 radical (unpaired) electrons. The standard InChI is InChI=1S/C17H22FNO3/c1-12(20)15(13-6-4-5-7-14(13)18)16(21)17(2)8-10-19(22-3)11-9-17/h4-7,21H,8-11H2,1-3H3/b16-15-. The Hall–Kier alpha value is -1.72. The van der Waals surface area contributed by atoms with Crippen LogP contribution in [0.25, 0.3) is 5.57 Å². The topological polar surface area (TPSA) is 49.8 Å². The predicted molar refractivity (Wildman–Crippen MR) is 82.6 cm³/mol. The predicted octanol–water partition coefficient (Wildman–Crippen LogP) is 3.35. The molecule has 1 heterocycles. The maximum Gasteiger partial charge on any atom is 0.163 e. The van der Waals surface area contributed by atoms with E-state index in [-0.39, 0.29) is 22.7 Å². The van der Waals surface area contributed by atoms with E-state index in [1.54, 1.807) is 19.2 Å². The van der Waals surface area contributed by atoms with Crippen LogP contribution < -0.4 is 0 Å². The average Bonchev–Trinajstić information content (AvgIpc) is 2.50. The molecule has 0 saturated carbocycles. The minimum Gasteiger partial charge on any atom is -0.511 e. The van der Waals surface area contributed by atoms with E-state index in [0.29, 0.717) is 25.9 Å². The number of halogens is 1. The summed E-state index contributed by atoms with van der Waals surface area (Å²) in [6, 6.07) is 6.04. The quantitative estimate of drug-likeness (QED) is 0.684. The molecule has 0 aromatic heterocycles. The third-order valence-corrected chi connectivity index (χ3v) is 4.39. The van der Waals surface area contributed by atoms with Crippen molar-refractivity contribution in [3.8, 4) is 0 Å². The molecule has 5 heteroatoms. The first kappa shape index (κ1) is 16.6. The molecule has 0 bridgehead atoms. The number of ketones is 1. The summed E-state index contributed by atoms with van der Waals surface area (Å²) in [6.45, 7) is 4.56. The van der Waals surface area contributed by atoms with Gasteiger partial charge in [-0.2, -0.15) is 5.06 Å². The van der Waals surface area contributed by atoms with E-state index in [4.69, 9.17) is 4.84 Å². The Labute approximate surface area is 130 Å². The fourth-order valence-corrected chi connectivity index (χ4v) is 2.85. The molecule has 4 nitrogen and oxygen atoms in total. The van der Waals surface area contributed by atoms with Crippen LogP contribution >= 0.6 is 0 Å². The zero-order valence-electron chi connectivity index (χ0n) is 13.2. The first-order valence-electron chi connectivity index (χ1n) is 7.37. The monoisotopic (exact) mass is 307 g/mol. The van der Waals surface area contributed by atoms with Crippen LogP contribution in [0.15, 0.2) is 30.0 Å². The highest BCUT2D eigenvalue weighted by Gasteiger charge is 2.37. The maximum atomic E-state index is 14.0. The van der Waals surface area contributed by atoms with Crippen LogP contribution in [0.3, 0.4) is 0 Å². The number of benzene rings is 1. The number of aliphatic hydroxyl groups is 1. The van der Waals surface area contributed by atoms with Crippen molar-refractivity contribution in [2.24, 2.45) is 5.41 Å². The Kier molecular flexibility index (Phi) is 4.98. The van der Waals surface area contributed by atoms with Gasteiger partial charge in [-0.15, -0.1) is 0 Å². The molecule has 2 rings (SSSR count). The van der Waals surface area contributed by atoms with Gasteiger partial charge in [0.05, 0.1) is 12.7 Å². The number of Topliss-reactive ketones (excluding diaryl/α,β-unsaturated/α-hetero) is 1. The normalized spacial score (nSPS) is 19.6. The smallest absolute Gasteiger partial charge is 0.163 e. The van der Waals surface area contributed by atoms with E-state index in [2.05, 4.69) is 0 Å². The Bertz CT molecular complexity index is 589. The van der Waals surface area contributed by atoms with E-state index in [1.165, 1.54) is 19.1 Å². The minimum atomic E-state index is -0.557. The molecule has 0 atom stereocenters. The Morgan fingerprint density at radius 1 is 1.32 bits per heavy atom. The lowest BCUT2D eigenvalue weighted by atomic mass is 9.76. The van der Waals surface area contributed by atoms with Gasteiger partial charge in [-0.1, -0.05) is 25.1 Å². The number of carbonyl (C=O) groups is 1. The van der Waals surface area contributed by atoms with Crippen molar-refractivity contribution in [1.82, 2.24) is 5.06 Å². The number of carbonyl (C=O) groups excluding carboxylic acids is 1. The molecule has 1 saturated heterocycles. The van der Waals surface area contributed by atoms with Gasteiger partial charge in [0.15, 0.2) is 5.78 Å². The molecule has 120 valence electrons. The summed E-state index contributed by atoms with van der Waals surface area (Å²) in [5, 5.41) is 12.5. The van der Waals surface area contributed by atoms with Crippen molar-refractivity contribution in [2.45, 2.75) is 26.7 Å². The van der Waals surface area contributed by atoms with Gasteiger partial charge in [0.2, 0.25) is 0 Å². The lowest BCUT2D eigenvalue weighted by molar-refractivity contribution is -0.156. The summed E-state index contributed by atoms with van der Waals surface area (Å²) in [6.07, 6.45) is 1.27. The second kappa shape index (κ2) is 6.58. The second-order valence-corrected chi connectivity index (χ2v) is 5.93. The molecule has 0 amide bonds. The summed E-state index contributed by atoms with van der Waals surface area (Å²) < 4.78 is 14.0. The van der Waals surface area contributed by atoms with Crippen molar-refractivity contribution < 1.29 is 19.1 Å². The molecule has 1 aliphatic rings. The number of hydroxylamine groups is 2. The molecule has 22 heavy (non-hydrogen) atoms. The summed E-state index contributed by atoms with van der Waals surface area (Å²) in [7, 11) is 1.61. The number of hydrogen-bond donors (Lipinski definition) is 1. The zero-order valence-corrected chi connectivity index (χ0v) is 13.2. The van der Waals surface area contributed by atoms with E-state index in [0.717, 1.165) is 0 Å². The highest BCUT2D eigenvalue weighted by atomic mass is 19.1. The van der Waals surface area contributed by atoms with Gasteiger partial charge >= 0.3 is 0 Å². The van der Waals surface area contributed by atoms with E-state index < -0.39 is 11.2 Å². The van der Waals surface area contributed by atoms with E-state index >= 15 is 0 Å². The van der Waals surface area contributed by atoms with Crippen molar-refractivity contribution in [3.05, 3.63) is 41.4 Å². The number of hydrogen-bond acceptors (Lipinski definition) is 4. The molecule has 0 unspecified atom stereocenters. The molecule has 1 aromatic carbocycles. The molecule has 1 fully saturated rings. The minimum absolute atomic E-state index is 0.0270. The van der Waals surface area contributed by atoms with Crippen LogP contribution in [0.4, 0.5) is 4.39 Å². The van der Waals surface area contributed by atoms with E-state index in [1.807, 2.05) is 12.0 Å². The molecule has 1 N–H and O–H groups in total. The first-order valence-corrected chi connectivity index (χ1v) is 7.37. The number of piperidine rings is 1. The van der Waals surface area contributed by atoms with Gasteiger partial charge in [0.25, 0.3) is 0 Å². The van der Waals surface area contributed by atoms with Gasteiger partial charge < -0.3 is 9.94 Å². The number of rotatable bonds is 4. The average molecular weight is 307 g/mol. The van der Waals surface area contributed by atoms with E-state index in [9.17, 15) is 14.3 Å². The Morgan fingerprint density at radius 3 is 2.41 bits per heavy atom. The van der Waals surface area contributed by atoms with Crippen LogP contribution in [0.2, 0.25) is 0 Å². The van der Waals surface area contributed by atoms with Gasteiger partial charge in [0.1, 0.15) is 11.6 Å². The fraction of sp³-hybridized carbons (Fsp3) is 0.471. The molecule has 1 aromatic rings. The molecular weight excluding hydrogens is 285 g/mol. The highest BCUT2D eigenvalue weighted by molar-refractivity contribution is 6.20. The fourth-order valence-electron chi connectivity index (χ4n) is 2.85. The van der Waals surface area contributed by atoms with Crippen molar-refractivity contribution in [3.63, 3.8) is 0 Å². The van der Waals surface area contributed by atoms with Crippen LogP contribution in [0.1, 0.15) is 32.3 Å².